The predicted molar refractivity (Wildman–Crippen MR) is 84.7 cm³/mol. The molecule has 0 spiro atoms. The average molecular weight is 299 g/mol. The van der Waals surface area contributed by atoms with Crippen molar-refractivity contribution in [1.82, 2.24) is 0 Å². The minimum absolute atomic E-state index is 0.0737. The Morgan fingerprint density at radius 2 is 1.90 bits per heavy atom. The van der Waals surface area contributed by atoms with Gasteiger partial charge in [0.2, 0.25) is 0 Å². The molecule has 0 aliphatic rings. The fraction of sp³-hybridized carbons (Fsp3) is 0.125. The first-order valence-corrected chi connectivity index (χ1v) is 7.57. The van der Waals surface area contributed by atoms with Gasteiger partial charge in [-0.15, -0.1) is 11.8 Å². The van der Waals surface area contributed by atoms with Crippen molar-refractivity contribution in [3.63, 3.8) is 0 Å². The number of nitro groups is 1. The molecule has 0 unspecified atom stereocenters. The summed E-state index contributed by atoms with van der Waals surface area (Å²) in [4.78, 5) is 11.6. The van der Waals surface area contributed by atoms with Gasteiger partial charge in [0.15, 0.2) is 0 Å². The molecule has 0 aliphatic heterocycles. The number of nitrogens with zero attached hydrogens (tertiary/aromatic N) is 1. The van der Waals surface area contributed by atoms with Crippen molar-refractivity contribution in [1.29, 1.82) is 0 Å². The maximum atomic E-state index is 10.8. The number of fused-ring (bicyclic) bond motifs is 1. The Hall–Kier alpha value is -2.27. The summed E-state index contributed by atoms with van der Waals surface area (Å²) in [5.74, 6) is 1.76. The minimum Gasteiger partial charge on any atom is -0.456 e. The highest BCUT2D eigenvalue weighted by Crippen LogP contribution is 2.31. The molecular weight excluding hydrogens is 286 g/mol. The number of hydrogen-bond acceptors (Lipinski definition) is 4. The summed E-state index contributed by atoms with van der Waals surface area (Å²) in [5, 5.41) is 11.5. The van der Waals surface area contributed by atoms with Crippen LogP contribution < -0.4 is 0 Å². The summed E-state index contributed by atoms with van der Waals surface area (Å²) in [6, 6.07) is 14.6. The summed E-state index contributed by atoms with van der Waals surface area (Å²) in [5.41, 5.74) is 1.70. The van der Waals surface area contributed by atoms with Gasteiger partial charge in [0.05, 0.1) is 4.92 Å². The van der Waals surface area contributed by atoms with Crippen LogP contribution in [0.2, 0.25) is 0 Å². The van der Waals surface area contributed by atoms with Crippen LogP contribution >= 0.6 is 11.8 Å². The standard InChI is InChI=1S/C16H13NO3S/c1-2-21-14-6-3-11(4-7-14)16-10-12-9-13(17(18)19)5-8-15(12)20-16/h3-10H,2H2,1H3. The third-order valence-corrected chi connectivity index (χ3v) is 4.05. The molecule has 1 heterocycles. The highest BCUT2D eigenvalue weighted by Gasteiger charge is 2.11. The summed E-state index contributed by atoms with van der Waals surface area (Å²) in [7, 11) is 0. The van der Waals surface area contributed by atoms with Crippen LogP contribution in [0.3, 0.4) is 0 Å². The van der Waals surface area contributed by atoms with Crippen molar-refractivity contribution in [2.24, 2.45) is 0 Å². The fourth-order valence-electron chi connectivity index (χ4n) is 2.17. The van der Waals surface area contributed by atoms with Crippen molar-refractivity contribution >= 4 is 28.4 Å². The molecule has 21 heavy (non-hydrogen) atoms. The Labute approximate surface area is 125 Å². The van der Waals surface area contributed by atoms with Gasteiger partial charge in [-0.05, 0) is 30.0 Å². The molecular formula is C16H13NO3S. The lowest BCUT2D eigenvalue weighted by molar-refractivity contribution is -0.384. The molecule has 5 heteroatoms. The fourth-order valence-corrected chi connectivity index (χ4v) is 2.83. The Morgan fingerprint density at radius 3 is 2.57 bits per heavy atom. The first-order chi connectivity index (χ1) is 10.2. The topological polar surface area (TPSA) is 56.3 Å². The van der Waals surface area contributed by atoms with Gasteiger partial charge in [-0.25, -0.2) is 0 Å². The summed E-state index contributed by atoms with van der Waals surface area (Å²) >= 11 is 1.78. The zero-order valence-electron chi connectivity index (χ0n) is 11.4. The maximum absolute atomic E-state index is 10.8. The number of rotatable bonds is 4. The van der Waals surface area contributed by atoms with Gasteiger partial charge in [0.25, 0.3) is 5.69 Å². The molecule has 3 aromatic rings. The van der Waals surface area contributed by atoms with E-state index in [-0.39, 0.29) is 5.69 Å². The zero-order valence-corrected chi connectivity index (χ0v) is 12.2. The van der Waals surface area contributed by atoms with Crippen LogP contribution in [0.1, 0.15) is 6.92 Å². The number of furan rings is 1. The highest BCUT2D eigenvalue weighted by atomic mass is 32.2. The van der Waals surface area contributed by atoms with Crippen LogP contribution in [0, 0.1) is 10.1 Å². The Morgan fingerprint density at radius 1 is 1.14 bits per heavy atom. The molecule has 0 saturated carbocycles. The summed E-state index contributed by atoms with van der Waals surface area (Å²) < 4.78 is 5.76. The van der Waals surface area contributed by atoms with Crippen LogP contribution in [0.4, 0.5) is 5.69 Å². The van der Waals surface area contributed by atoms with Crippen molar-refractivity contribution in [3.8, 4) is 11.3 Å². The lowest BCUT2D eigenvalue weighted by Gasteiger charge is -2.00. The Kier molecular flexibility index (Phi) is 3.66. The van der Waals surface area contributed by atoms with Crippen molar-refractivity contribution in [3.05, 3.63) is 58.6 Å². The van der Waals surface area contributed by atoms with E-state index in [2.05, 4.69) is 19.1 Å². The predicted octanol–water partition coefficient (Wildman–Crippen LogP) is 5.12. The second-order valence-corrected chi connectivity index (χ2v) is 5.88. The molecule has 0 radical (unpaired) electrons. The molecule has 0 saturated heterocycles. The van der Waals surface area contributed by atoms with Crippen molar-refractivity contribution in [2.75, 3.05) is 5.75 Å². The van der Waals surface area contributed by atoms with E-state index in [1.807, 2.05) is 18.2 Å². The molecule has 106 valence electrons. The largest absolute Gasteiger partial charge is 0.456 e. The van der Waals surface area contributed by atoms with Crippen LogP contribution in [0.15, 0.2) is 57.8 Å². The van der Waals surface area contributed by atoms with Gasteiger partial charge in [0, 0.05) is 28.0 Å². The average Bonchev–Trinajstić information content (AvgIpc) is 2.91. The molecule has 0 atom stereocenters. The summed E-state index contributed by atoms with van der Waals surface area (Å²) in [6.07, 6.45) is 0. The van der Waals surface area contributed by atoms with E-state index in [0.29, 0.717) is 5.58 Å². The quantitative estimate of drug-likeness (QED) is 0.381. The van der Waals surface area contributed by atoms with E-state index in [1.54, 1.807) is 17.8 Å². The Bertz CT molecular complexity index is 793. The number of hydrogen-bond donors (Lipinski definition) is 0. The Balaban J connectivity index is 1.98. The summed E-state index contributed by atoms with van der Waals surface area (Å²) in [6.45, 7) is 2.12. The van der Waals surface area contributed by atoms with E-state index in [0.717, 1.165) is 22.5 Å². The van der Waals surface area contributed by atoms with E-state index in [1.165, 1.54) is 17.0 Å². The number of thioether (sulfide) groups is 1. The van der Waals surface area contributed by atoms with Crippen LogP contribution in [0.25, 0.3) is 22.3 Å². The van der Waals surface area contributed by atoms with Gasteiger partial charge >= 0.3 is 0 Å². The van der Waals surface area contributed by atoms with Gasteiger partial charge in [0.1, 0.15) is 11.3 Å². The van der Waals surface area contributed by atoms with Gasteiger partial charge < -0.3 is 4.42 Å². The van der Waals surface area contributed by atoms with Crippen LogP contribution in [0.5, 0.6) is 0 Å². The third kappa shape index (κ3) is 2.78. The van der Waals surface area contributed by atoms with Gasteiger partial charge in [-0.2, -0.15) is 0 Å². The number of non-ortho nitro benzene ring substituents is 1. The minimum atomic E-state index is -0.400. The molecule has 0 fully saturated rings. The highest BCUT2D eigenvalue weighted by molar-refractivity contribution is 7.99. The van der Waals surface area contributed by atoms with Crippen molar-refractivity contribution in [2.45, 2.75) is 11.8 Å². The molecule has 0 aliphatic carbocycles. The monoisotopic (exact) mass is 299 g/mol. The van der Waals surface area contributed by atoms with Gasteiger partial charge in [-0.1, -0.05) is 19.1 Å². The van der Waals surface area contributed by atoms with Crippen molar-refractivity contribution < 1.29 is 9.34 Å². The first kappa shape index (κ1) is 13.7. The molecule has 3 rings (SSSR count). The maximum Gasteiger partial charge on any atom is 0.270 e. The molecule has 0 bridgehead atoms. The molecule has 4 nitrogen and oxygen atoms in total. The second-order valence-electron chi connectivity index (χ2n) is 4.55. The molecule has 0 N–H and O–H groups in total. The van der Waals surface area contributed by atoms with Crippen LogP contribution in [-0.4, -0.2) is 10.7 Å². The number of nitro benzene ring substituents is 1. The first-order valence-electron chi connectivity index (χ1n) is 6.58. The smallest absolute Gasteiger partial charge is 0.270 e. The zero-order chi connectivity index (χ0) is 14.8. The van der Waals surface area contributed by atoms with E-state index in [9.17, 15) is 10.1 Å². The van der Waals surface area contributed by atoms with E-state index in [4.69, 9.17) is 4.42 Å². The normalized spacial score (nSPS) is 10.9. The lowest BCUT2D eigenvalue weighted by atomic mass is 10.1. The third-order valence-electron chi connectivity index (χ3n) is 3.16. The van der Waals surface area contributed by atoms with E-state index >= 15 is 0 Å². The van der Waals surface area contributed by atoms with Crippen LogP contribution in [-0.2, 0) is 0 Å². The lowest BCUT2D eigenvalue weighted by Crippen LogP contribution is -1.85. The SMILES string of the molecule is CCSc1ccc(-c2cc3cc([N+](=O)[O-])ccc3o2)cc1. The second kappa shape index (κ2) is 5.61. The van der Waals surface area contributed by atoms with Gasteiger partial charge in [-0.3, -0.25) is 10.1 Å². The molecule has 1 aromatic heterocycles. The molecule has 0 amide bonds. The number of benzene rings is 2. The van der Waals surface area contributed by atoms with E-state index < -0.39 is 4.92 Å². The molecule has 2 aromatic carbocycles.